The van der Waals surface area contributed by atoms with Crippen LogP contribution in [-0.2, 0) is 14.9 Å². The van der Waals surface area contributed by atoms with Gasteiger partial charge in [0.1, 0.15) is 5.75 Å². The van der Waals surface area contributed by atoms with Gasteiger partial charge in [-0.05, 0) is 38.9 Å². The molecular formula is C15H19NO3. The Kier molecular flexibility index (Phi) is 3.19. The molecule has 0 radical (unpaired) electrons. The van der Waals surface area contributed by atoms with Gasteiger partial charge in [0.2, 0.25) is 6.10 Å². The first-order valence-corrected chi connectivity index (χ1v) is 6.91. The fourth-order valence-corrected chi connectivity index (χ4v) is 3.26. The van der Waals surface area contributed by atoms with Crippen LogP contribution in [-0.4, -0.2) is 31.8 Å². The normalized spacial score (nSPS) is 23.7. The van der Waals surface area contributed by atoms with Crippen LogP contribution < -0.4 is 10.1 Å². The number of fused-ring (bicyclic) bond motifs is 2. The maximum absolute atomic E-state index is 12.2. The standard InChI is InChI=1S/C15H19NO3/c1-2-18-14(17)13-15(7-9-16-10-8-15)11-5-3-4-6-12(11)19-13/h3-6,13,16H,2,7-10H2,1H3. The maximum Gasteiger partial charge on any atom is 0.348 e. The fourth-order valence-electron chi connectivity index (χ4n) is 3.26. The van der Waals surface area contributed by atoms with E-state index in [1.807, 2.05) is 25.1 Å². The predicted octanol–water partition coefficient (Wildman–Crippen LogP) is 1.63. The number of benzene rings is 1. The monoisotopic (exact) mass is 261 g/mol. The number of nitrogens with one attached hydrogen (secondary N) is 1. The topological polar surface area (TPSA) is 47.6 Å². The quantitative estimate of drug-likeness (QED) is 0.822. The molecule has 1 unspecified atom stereocenters. The number of hydrogen-bond donors (Lipinski definition) is 1. The van der Waals surface area contributed by atoms with E-state index in [1.165, 1.54) is 0 Å². The van der Waals surface area contributed by atoms with E-state index in [0.717, 1.165) is 37.2 Å². The summed E-state index contributed by atoms with van der Waals surface area (Å²) in [6.45, 7) is 4.04. The van der Waals surface area contributed by atoms with Gasteiger partial charge in [-0.3, -0.25) is 0 Å². The minimum Gasteiger partial charge on any atom is -0.477 e. The summed E-state index contributed by atoms with van der Waals surface area (Å²) in [5.74, 6) is 0.600. The van der Waals surface area contributed by atoms with Crippen molar-refractivity contribution in [2.75, 3.05) is 19.7 Å². The molecule has 2 aliphatic rings. The molecule has 0 aliphatic carbocycles. The Morgan fingerprint density at radius 1 is 1.42 bits per heavy atom. The largest absolute Gasteiger partial charge is 0.477 e. The summed E-state index contributed by atoms with van der Waals surface area (Å²) in [7, 11) is 0. The molecule has 0 amide bonds. The third-order valence-corrected chi connectivity index (χ3v) is 4.17. The van der Waals surface area contributed by atoms with Crippen LogP contribution in [0, 0.1) is 0 Å². The Balaban J connectivity index is 2.00. The average Bonchev–Trinajstić information content (AvgIpc) is 2.75. The first kappa shape index (κ1) is 12.5. The van der Waals surface area contributed by atoms with E-state index < -0.39 is 6.10 Å². The highest BCUT2D eigenvalue weighted by Crippen LogP contribution is 2.48. The molecule has 2 heterocycles. The molecule has 3 rings (SSSR count). The number of esters is 1. The average molecular weight is 261 g/mol. The summed E-state index contributed by atoms with van der Waals surface area (Å²) in [5.41, 5.74) is 0.947. The van der Waals surface area contributed by atoms with Gasteiger partial charge in [-0.15, -0.1) is 0 Å². The van der Waals surface area contributed by atoms with Crippen molar-refractivity contribution in [3.63, 3.8) is 0 Å². The number of para-hydroxylation sites is 1. The Morgan fingerprint density at radius 2 is 2.16 bits per heavy atom. The lowest BCUT2D eigenvalue weighted by Gasteiger charge is -2.36. The number of rotatable bonds is 2. The highest BCUT2D eigenvalue weighted by Gasteiger charge is 2.53. The smallest absolute Gasteiger partial charge is 0.348 e. The van der Waals surface area contributed by atoms with Crippen molar-refractivity contribution in [1.82, 2.24) is 5.32 Å². The minimum absolute atomic E-state index is 0.214. The van der Waals surface area contributed by atoms with Crippen molar-refractivity contribution >= 4 is 5.97 Å². The van der Waals surface area contributed by atoms with Gasteiger partial charge < -0.3 is 14.8 Å². The molecular weight excluding hydrogens is 242 g/mol. The molecule has 1 fully saturated rings. The van der Waals surface area contributed by atoms with E-state index in [9.17, 15) is 4.79 Å². The first-order valence-electron chi connectivity index (χ1n) is 6.91. The maximum atomic E-state index is 12.2. The summed E-state index contributed by atoms with van der Waals surface area (Å²) in [4.78, 5) is 12.2. The summed E-state index contributed by atoms with van der Waals surface area (Å²) in [5, 5.41) is 3.35. The molecule has 0 saturated carbocycles. The van der Waals surface area contributed by atoms with Gasteiger partial charge in [0, 0.05) is 11.0 Å². The van der Waals surface area contributed by atoms with Crippen LogP contribution in [0.15, 0.2) is 24.3 Å². The van der Waals surface area contributed by atoms with E-state index in [-0.39, 0.29) is 11.4 Å². The van der Waals surface area contributed by atoms with Gasteiger partial charge >= 0.3 is 5.97 Å². The van der Waals surface area contributed by atoms with E-state index in [4.69, 9.17) is 9.47 Å². The Morgan fingerprint density at radius 3 is 2.89 bits per heavy atom. The second-order valence-electron chi connectivity index (χ2n) is 5.15. The molecule has 1 aromatic carbocycles. The zero-order chi connectivity index (χ0) is 13.3. The second kappa shape index (κ2) is 4.85. The molecule has 0 aromatic heterocycles. The number of hydrogen-bond acceptors (Lipinski definition) is 4. The lowest BCUT2D eigenvalue weighted by molar-refractivity contribution is -0.154. The van der Waals surface area contributed by atoms with Gasteiger partial charge in [-0.25, -0.2) is 4.79 Å². The Labute approximate surface area is 113 Å². The summed E-state index contributed by atoms with van der Waals surface area (Å²) in [6, 6.07) is 7.98. The molecule has 1 N–H and O–H groups in total. The van der Waals surface area contributed by atoms with Crippen molar-refractivity contribution in [3.8, 4) is 5.75 Å². The highest BCUT2D eigenvalue weighted by molar-refractivity contribution is 5.79. The first-order chi connectivity index (χ1) is 9.28. The zero-order valence-corrected chi connectivity index (χ0v) is 11.1. The number of piperidine rings is 1. The van der Waals surface area contributed by atoms with Crippen molar-refractivity contribution in [1.29, 1.82) is 0 Å². The van der Waals surface area contributed by atoms with Crippen LogP contribution in [0.4, 0.5) is 0 Å². The van der Waals surface area contributed by atoms with Crippen molar-refractivity contribution in [3.05, 3.63) is 29.8 Å². The molecule has 1 atom stereocenters. The molecule has 1 spiro atoms. The van der Waals surface area contributed by atoms with Crippen LogP contribution in [0.5, 0.6) is 5.75 Å². The summed E-state index contributed by atoms with van der Waals surface area (Å²) in [6.07, 6.45) is 1.33. The van der Waals surface area contributed by atoms with E-state index in [2.05, 4.69) is 11.4 Å². The SMILES string of the molecule is CCOC(=O)C1Oc2ccccc2C12CCNCC2. The lowest BCUT2D eigenvalue weighted by Crippen LogP contribution is -2.50. The van der Waals surface area contributed by atoms with Crippen molar-refractivity contribution < 1.29 is 14.3 Å². The Bertz CT molecular complexity index is 480. The van der Waals surface area contributed by atoms with Gasteiger partial charge in [-0.2, -0.15) is 0 Å². The molecule has 0 bridgehead atoms. The van der Waals surface area contributed by atoms with Gasteiger partial charge in [-0.1, -0.05) is 18.2 Å². The molecule has 2 aliphatic heterocycles. The number of ether oxygens (including phenoxy) is 2. The molecule has 1 saturated heterocycles. The van der Waals surface area contributed by atoms with Crippen molar-refractivity contribution in [2.24, 2.45) is 0 Å². The number of carbonyl (C=O) groups excluding carboxylic acids is 1. The molecule has 19 heavy (non-hydrogen) atoms. The summed E-state index contributed by atoms with van der Waals surface area (Å²) < 4.78 is 11.1. The predicted molar refractivity (Wildman–Crippen MR) is 71.3 cm³/mol. The van der Waals surface area contributed by atoms with E-state index in [1.54, 1.807) is 0 Å². The molecule has 4 nitrogen and oxygen atoms in total. The minimum atomic E-state index is -0.494. The molecule has 102 valence electrons. The highest BCUT2D eigenvalue weighted by atomic mass is 16.6. The molecule has 4 heteroatoms. The van der Waals surface area contributed by atoms with Crippen LogP contribution in [0.25, 0.3) is 0 Å². The molecule has 1 aromatic rings. The third-order valence-electron chi connectivity index (χ3n) is 4.17. The second-order valence-corrected chi connectivity index (χ2v) is 5.15. The zero-order valence-electron chi connectivity index (χ0n) is 11.1. The van der Waals surface area contributed by atoms with Gasteiger partial charge in [0.25, 0.3) is 0 Å². The van der Waals surface area contributed by atoms with E-state index in [0.29, 0.717) is 6.61 Å². The lowest BCUT2D eigenvalue weighted by atomic mass is 9.70. The van der Waals surface area contributed by atoms with Crippen LogP contribution in [0.1, 0.15) is 25.3 Å². The Hall–Kier alpha value is -1.55. The third kappa shape index (κ3) is 1.91. The van der Waals surface area contributed by atoms with Gasteiger partial charge in [0.15, 0.2) is 0 Å². The number of carbonyl (C=O) groups is 1. The fraction of sp³-hybridized carbons (Fsp3) is 0.533. The van der Waals surface area contributed by atoms with Gasteiger partial charge in [0.05, 0.1) is 6.61 Å². The summed E-state index contributed by atoms with van der Waals surface area (Å²) >= 11 is 0. The van der Waals surface area contributed by atoms with Crippen LogP contribution in [0.3, 0.4) is 0 Å². The van der Waals surface area contributed by atoms with Crippen LogP contribution in [0.2, 0.25) is 0 Å². The van der Waals surface area contributed by atoms with Crippen LogP contribution >= 0.6 is 0 Å². The van der Waals surface area contributed by atoms with Crippen molar-refractivity contribution in [2.45, 2.75) is 31.3 Å². The van der Waals surface area contributed by atoms with E-state index >= 15 is 0 Å².